The zero-order valence-corrected chi connectivity index (χ0v) is 11.2. The number of imidazole rings is 1. The second kappa shape index (κ2) is 5.48. The third-order valence-corrected chi connectivity index (χ3v) is 3.68. The number of rotatable bonds is 3. The van der Waals surface area contributed by atoms with E-state index in [4.69, 9.17) is 0 Å². The maximum atomic E-state index is 4.29. The molecular formula is C14H19N5. The van der Waals surface area contributed by atoms with Crippen LogP contribution in [0.4, 0.5) is 0 Å². The molecule has 0 aliphatic carbocycles. The van der Waals surface area contributed by atoms with E-state index in [1.54, 1.807) is 6.20 Å². The van der Waals surface area contributed by atoms with Crippen LogP contribution in [0.2, 0.25) is 0 Å². The van der Waals surface area contributed by atoms with Crippen molar-refractivity contribution in [2.24, 2.45) is 0 Å². The summed E-state index contributed by atoms with van der Waals surface area (Å²) in [5, 5.41) is 11.7. The van der Waals surface area contributed by atoms with Gasteiger partial charge in [-0.3, -0.25) is 0 Å². The van der Waals surface area contributed by atoms with E-state index in [-0.39, 0.29) is 0 Å². The van der Waals surface area contributed by atoms with Gasteiger partial charge in [-0.25, -0.2) is 4.98 Å². The Labute approximate surface area is 113 Å². The molecule has 0 aromatic carbocycles. The summed E-state index contributed by atoms with van der Waals surface area (Å²) in [7, 11) is 0. The lowest BCUT2D eigenvalue weighted by atomic mass is 9.97. The molecule has 5 heteroatoms. The fourth-order valence-electron chi connectivity index (χ4n) is 2.72. The lowest BCUT2D eigenvalue weighted by Crippen LogP contribution is -2.35. The van der Waals surface area contributed by atoms with Crippen molar-refractivity contribution in [3.8, 4) is 0 Å². The van der Waals surface area contributed by atoms with Crippen molar-refractivity contribution >= 4 is 0 Å². The summed E-state index contributed by atoms with van der Waals surface area (Å²) < 4.78 is 2.17. The number of piperidine rings is 1. The number of hydrogen-bond acceptors (Lipinski definition) is 4. The summed E-state index contributed by atoms with van der Waals surface area (Å²) in [6, 6.07) is 4.90. The molecule has 1 fully saturated rings. The van der Waals surface area contributed by atoms with Gasteiger partial charge >= 0.3 is 0 Å². The molecule has 2 unspecified atom stereocenters. The van der Waals surface area contributed by atoms with E-state index in [1.807, 2.05) is 24.7 Å². The zero-order chi connectivity index (χ0) is 13.1. The Morgan fingerprint density at radius 2 is 2.37 bits per heavy atom. The van der Waals surface area contributed by atoms with Crippen molar-refractivity contribution < 1.29 is 0 Å². The second-order valence-corrected chi connectivity index (χ2v) is 5.21. The van der Waals surface area contributed by atoms with Gasteiger partial charge in [0, 0.05) is 24.5 Å². The number of nitrogens with one attached hydrogen (secondary N) is 1. The van der Waals surface area contributed by atoms with Crippen LogP contribution in [0.25, 0.3) is 0 Å². The first-order valence-electron chi connectivity index (χ1n) is 6.85. The molecule has 0 spiro atoms. The molecule has 0 bridgehead atoms. The predicted molar refractivity (Wildman–Crippen MR) is 72.6 cm³/mol. The Morgan fingerprint density at radius 1 is 1.42 bits per heavy atom. The average Bonchev–Trinajstić information content (AvgIpc) is 2.88. The van der Waals surface area contributed by atoms with Crippen molar-refractivity contribution in [2.75, 3.05) is 0 Å². The molecular weight excluding hydrogens is 238 g/mol. The normalized spacial score (nSPS) is 23.4. The van der Waals surface area contributed by atoms with Crippen LogP contribution in [-0.2, 0) is 6.54 Å². The molecule has 2 aromatic heterocycles. The van der Waals surface area contributed by atoms with Gasteiger partial charge in [-0.2, -0.15) is 10.2 Å². The summed E-state index contributed by atoms with van der Waals surface area (Å²) in [4.78, 5) is 4.29. The molecule has 2 aromatic rings. The van der Waals surface area contributed by atoms with E-state index >= 15 is 0 Å². The van der Waals surface area contributed by atoms with Crippen LogP contribution < -0.4 is 5.32 Å². The van der Waals surface area contributed by atoms with Crippen molar-refractivity contribution in [3.05, 3.63) is 42.2 Å². The molecule has 19 heavy (non-hydrogen) atoms. The number of aromatic nitrogens is 4. The molecule has 100 valence electrons. The van der Waals surface area contributed by atoms with Gasteiger partial charge in [-0.15, -0.1) is 0 Å². The van der Waals surface area contributed by atoms with Crippen LogP contribution in [-0.4, -0.2) is 25.8 Å². The van der Waals surface area contributed by atoms with E-state index < -0.39 is 0 Å². The Bertz CT molecular complexity index is 522. The minimum absolute atomic E-state index is 0.405. The Hall–Kier alpha value is -1.75. The molecule has 1 aliphatic heterocycles. The molecule has 3 heterocycles. The van der Waals surface area contributed by atoms with Crippen LogP contribution in [0.5, 0.6) is 0 Å². The van der Waals surface area contributed by atoms with Gasteiger partial charge in [0.2, 0.25) is 0 Å². The molecule has 3 rings (SSSR count). The third kappa shape index (κ3) is 2.81. The highest BCUT2D eigenvalue weighted by Crippen LogP contribution is 2.25. The summed E-state index contributed by atoms with van der Waals surface area (Å²) in [5.41, 5.74) is 2.21. The largest absolute Gasteiger partial charge is 0.327 e. The molecule has 0 amide bonds. The first kappa shape index (κ1) is 12.3. The van der Waals surface area contributed by atoms with Gasteiger partial charge in [0.15, 0.2) is 0 Å². The summed E-state index contributed by atoms with van der Waals surface area (Å²) in [6.45, 7) is 2.98. The monoisotopic (exact) mass is 257 g/mol. The van der Waals surface area contributed by atoms with Crippen LogP contribution in [0.1, 0.15) is 43.6 Å². The molecule has 1 N–H and O–H groups in total. The maximum absolute atomic E-state index is 4.29. The second-order valence-electron chi connectivity index (χ2n) is 5.21. The smallest absolute Gasteiger partial charge is 0.0952 e. The first-order chi connectivity index (χ1) is 9.33. The number of nitrogens with zero attached hydrogens (tertiary/aromatic N) is 4. The van der Waals surface area contributed by atoms with Crippen molar-refractivity contribution in [3.63, 3.8) is 0 Å². The van der Waals surface area contributed by atoms with Gasteiger partial charge < -0.3 is 9.88 Å². The van der Waals surface area contributed by atoms with E-state index in [0.29, 0.717) is 12.1 Å². The minimum atomic E-state index is 0.405. The summed E-state index contributed by atoms with van der Waals surface area (Å²) in [5.74, 6) is 0. The lowest BCUT2D eigenvalue weighted by Gasteiger charge is -2.29. The fourth-order valence-corrected chi connectivity index (χ4v) is 2.72. The van der Waals surface area contributed by atoms with Gasteiger partial charge in [0.1, 0.15) is 0 Å². The highest BCUT2D eigenvalue weighted by atomic mass is 15.1. The Morgan fingerprint density at radius 3 is 3.16 bits per heavy atom. The van der Waals surface area contributed by atoms with Crippen LogP contribution in [0.3, 0.4) is 0 Å². The van der Waals surface area contributed by atoms with E-state index in [2.05, 4.69) is 32.0 Å². The van der Waals surface area contributed by atoms with Crippen LogP contribution >= 0.6 is 0 Å². The van der Waals surface area contributed by atoms with Crippen molar-refractivity contribution in [1.82, 2.24) is 25.1 Å². The maximum Gasteiger partial charge on any atom is 0.0952 e. The molecule has 1 saturated heterocycles. The summed E-state index contributed by atoms with van der Waals surface area (Å²) in [6.07, 6.45) is 9.25. The topological polar surface area (TPSA) is 55.6 Å². The minimum Gasteiger partial charge on any atom is -0.327 e. The molecule has 2 atom stereocenters. The Balaban J connectivity index is 1.78. The average molecular weight is 257 g/mol. The number of hydrogen-bond donors (Lipinski definition) is 1. The van der Waals surface area contributed by atoms with E-state index in [9.17, 15) is 0 Å². The van der Waals surface area contributed by atoms with Crippen LogP contribution in [0, 0.1) is 0 Å². The SMILES string of the molecule is CC1CCCC(c2cncn2Cc2cccnn2)N1. The summed E-state index contributed by atoms with van der Waals surface area (Å²) >= 11 is 0. The third-order valence-electron chi connectivity index (χ3n) is 3.68. The van der Waals surface area contributed by atoms with Crippen molar-refractivity contribution in [1.29, 1.82) is 0 Å². The van der Waals surface area contributed by atoms with Gasteiger partial charge in [-0.05, 0) is 38.3 Å². The molecule has 0 radical (unpaired) electrons. The molecule has 5 nitrogen and oxygen atoms in total. The molecule has 0 saturated carbocycles. The highest BCUT2D eigenvalue weighted by Gasteiger charge is 2.22. The zero-order valence-electron chi connectivity index (χ0n) is 11.2. The first-order valence-corrected chi connectivity index (χ1v) is 6.85. The highest BCUT2D eigenvalue weighted by molar-refractivity contribution is 5.10. The predicted octanol–water partition coefficient (Wildman–Crippen LogP) is 1.92. The van der Waals surface area contributed by atoms with Gasteiger partial charge in [0.25, 0.3) is 0 Å². The van der Waals surface area contributed by atoms with E-state index in [0.717, 1.165) is 12.2 Å². The molecule has 1 aliphatic rings. The fraction of sp³-hybridized carbons (Fsp3) is 0.500. The van der Waals surface area contributed by atoms with Crippen LogP contribution in [0.15, 0.2) is 30.9 Å². The van der Waals surface area contributed by atoms with E-state index in [1.165, 1.54) is 25.0 Å². The van der Waals surface area contributed by atoms with Gasteiger partial charge in [-0.1, -0.05) is 0 Å². The quantitative estimate of drug-likeness (QED) is 0.912. The lowest BCUT2D eigenvalue weighted by molar-refractivity contribution is 0.330. The Kier molecular flexibility index (Phi) is 3.55. The van der Waals surface area contributed by atoms with Crippen molar-refractivity contribution in [2.45, 2.75) is 44.8 Å². The van der Waals surface area contributed by atoms with Gasteiger partial charge in [0.05, 0.1) is 24.3 Å². The standard InChI is InChI=1S/C14H19N5/c1-11-4-2-6-13(17-11)14-8-15-10-19(14)9-12-5-3-7-16-18-12/h3,5,7-8,10-11,13,17H,2,4,6,9H2,1H3.